The predicted molar refractivity (Wildman–Crippen MR) is 74.8 cm³/mol. The van der Waals surface area contributed by atoms with Gasteiger partial charge in [0.1, 0.15) is 0 Å². The van der Waals surface area contributed by atoms with E-state index in [1.165, 1.54) is 62.9 Å². The molecule has 0 amide bonds. The fraction of sp³-hybridized carbons (Fsp3) is 0.667. The molecule has 1 aromatic heterocycles. The SMILES string of the molecule is c1cc(N2CCCCCC2)c(CNC2CC2)cn1. The van der Waals surface area contributed by atoms with E-state index < -0.39 is 0 Å². The monoisotopic (exact) mass is 245 g/mol. The third-order valence-electron chi connectivity index (χ3n) is 3.98. The lowest BCUT2D eigenvalue weighted by atomic mass is 10.2. The highest BCUT2D eigenvalue weighted by molar-refractivity contribution is 5.52. The molecule has 0 bridgehead atoms. The van der Waals surface area contributed by atoms with Crippen LogP contribution in [0.25, 0.3) is 0 Å². The van der Waals surface area contributed by atoms with E-state index in [4.69, 9.17) is 0 Å². The summed E-state index contributed by atoms with van der Waals surface area (Å²) >= 11 is 0. The van der Waals surface area contributed by atoms with Crippen molar-refractivity contribution in [2.75, 3.05) is 18.0 Å². The zero-order valence-corrected chi connectivity index (χ0v) is 11.1. The van der Waals surface area contributed by atoms with Gasteiger partial charge in [0.25, 0.3) is 0 Å². The molecular formula is C15H23N3. The Labute approximate surface area is 110 Å². The number of nitrogens with zero attached hydrogens (tertiary/aromatic N) is 2. The van der Waals surface area contributed by atoms with Crippen molar-refractivity contribution in [3.8, 4) is 0 Å². The first-order valence-corrected chi connectivity index (χ1v) is 7.35. The van der Waals surface area contributed by atoms with Gasteiger partial charge >= 0.3 is 0 Å². The molecule has 3 nitrogen and oxygen atoms in total. The molecule has 0 spiro atoms. The number of hydrogen-bond donors (Lipinski definition) is 1. The summed E-state index contributed by atoms with van der Waals surface area (Å²) in [6, 6.07) is 2.96. The minimum atomic E-state index is 0.766. The molecular weight excluding hydrogens is 222 g/mol. The Morgan fingerprint density at radius 2 is 1.94 bits per heavy atom. The van der Waals surface area contributed by atoms with Gasteiger partial charge in [-0.1, -0.05) is 12.8 Å². The van der Waals surface area contributed by atoms with Crippen molar-refractivity contribution in [1.82, 2.24) is 10.3 Å². The molecule has 1 saturated carbocycles. The molecule has 3 rings (SSSR count). The van der Waals surface area contributed by atoms with Crippen LogP contribution in [0.4, 0.5) is 5.69 Å². The van der Waals surface area contributed by atoms with Crippen LogP contribution in [0.1, 0.15) is 44.1 Å². The molecule has 98 valence electrons. The minimum Gasteiger partial charge on any atom is -0.371 e. The van der Waals surface area contributed by atoms with E-state index >= 15 is 0 Å². The number of nitrogens with one attached hydrogen (secondary N) is 1. The van der Waals surface area contributed by atoms with Gasteiger partial charge in [-0.3, -0.25) is 4.98 Å². The van der Waals surface area contributed by atoms with Crippen molar-refractivity contribution in [3.63, 3.8) is 0 Å². The van der Waals surface area contributed by atoms with E-state index in [1.54, 1.807) is 0 Å². The average Bonchev–Trinajstić information content (AvgIpc) is 3.24. The van der Waals surface area contributed by atoms with Crippen molar-refractivity contribution in [3.05, 3.63) is 24.0 Å². The molecule has 2 heterocycles. The Morgan fingerprint density at radius 3 is 2.67 bits per heavy atom. The summed E-state index contributed by atoms with van der Waals surface area (Å²) in [6.45, 7) is 3.39. The van der Waals surface area contributed by atoms with Crippen molar-refractivity contribution in [1.29, 1.82) is 0 Å². The lowest BCUT2D eigenvalue weighted by Gasteiger charge is -2.25. The van der Waals surface area contributed by atoms with Gasteiger partial charge in [0, 0.05) is 49.3 Å². The molecule has 1 aromatic rings. The second-order valence-electron chi connectivity index (χ2n) is 5.56. The molecule has 0 aromatic carbocycles. The number of hydrogen-bond acceptors (Lipinski definition) is 3. The highest BCUT2D eigenvalue weighted by Crippen LogP contribution is 2.25. The maximum Gasteiger partial charge on any atom is 0.0442 e. The summed E-state index contributed by atoms with van der Waals surface area (Å²) < 4.78 is 0. The molecule has 1 aliphatic heterocycles. The molecule has 3 heteroatoms. The summed E-state index contributed by atoms with van der Waals surface area (Å²) in [4.78, 5) is 6.85. The van der Waals surface area contributed by atoms with Gasteiger partial charge in [-0.25, -0.2) is 0 Å². The topological polar surface area (TPSA) is 28.2 Å². The maximum atomic E-state index is 4.30. The first-order valence-electron chi connectivity index (χ1n) is 7.35. The first kappa shape index (κ1) is 12.0. The third kappa shape index (κ3) is 3.02. The molecule has 1 aliphatic carbocycles. The van der Waals surface area contributed by atoms with Crippen molar-refractivity contribution in [2.45, 2.75) is 51.1 Å². The highest BCUT2D eigenvalue weighted by Gasteiger charge is 2.21. The van der Waals surface area contributed by atoms with Crippen molar-refractivity contribution in [2.24, 2.45) is 0 Å². The smallest absolute Gasteiger partial charge is 0.0442 e. The van der Waals surface area contributed by atoms with E-state index in [9.17, 15) is 0 Å². The summed E-state index contributed by atoms with van der Waals surface area (Å²) in [7, 11) is 0. The van der Waals surface area contributed by atoms with Crippen LogP contribution in [0, 0.1) is 0 Å². The number of anilines is 1. The van der Waals surface area contributed by atoms with Gasteiger partial charge in [0.05, 0.1) is 0 Å². The van der Waals surface area contributed by atoms with Gasteiger partial charge in [0.2, 0.25) is 0 Å². The largest absolute Gasteiger partial charge is 0.371 e. The minimum absolute atomic E-state index is 0.766. The number of pyridine rings is 1. The molecule has 2 aliphatic rings. The van der Waals surface area contributed by atoms with Crippen LogP contribution in [-0.4, -0.2) is 24.1 Å². The Hall–Kier alpha value is -1.09. The van der Waals surface area contributed by atoms with Gasteiger partial charge in [-0.15, -0.1) is 0 Å². The summed E-state index contributed by atoms with van der Waals surface area (Å²) in [5.41, 5.74) is 2.77. The summed E-state index contributed by atoms with van der Waals surface area (Å²) in [6.07, 6.45) is 12.1. The zero-order valence-electron chi connectivity index (χ0n) is 11.1. The van der Waals surface area contributed by atoms with Crippen LogP contribution in [0.3, 0.4) is 0 Å². The molecule has 0 atom stereocenters. The van der Waals surface area contributed by atoms with E-state index in [1.807, 2.05) is 12.4 Å². The van der Waals surface area contributed by atoms with Gasteiger partial charge < -0.3 is 10.2 Å². The van der Waals surface area contributed by atoms with Crippen LogP contribution >= 0.6 is 0 Å². The Kier molecular flexibility index (Phi) is 3.79. The Bertz CT molecular complexity index is 379. The van der Waals surface area contributed by atoms with Crippen LogP contribution in [-0.2, 0) is 6.54 Å². The lowest BCUT2D eigenvalue weighted by Crippen LogP contribution is -2.26. The Balaban J connectivity index is 1.71. The molecule has 0 unspecified atom stereocenters. The van der Waals surface area contributed by atoms with E-state index in [0.29, 0.717) is 0 Å². The molecule has 18 heavy (non-hydrogen) atoms. The summed E-state index contributed by atoms with van der Waals surface area (Å²) in [5.74, 6) is 0. The van der Waals surface area contributed by atoms with Gasteiger partial charge in [-0.2, -0.15) is 0 Å². The number of aromatic nitrogens is 1. The number of rotatable bonds is 4. The van der Waals surface area contributed by atoms with E-state index in [2.05, 4.69) is 21.3 Å². The van der Waals surface area contributed by atoms with Crippen LogP contribution in [0.2, 0.25) is 0 Å². The third-order valence-corrected chi connectivity index (χ3v) is 3.98. The highest BCUT2D eigenvalue weighted by atomic mass is 15.1. The summed E-state index contributed by atoms with van der Waals surface area (Å²) in [5, 5.41) is 3.60. The fourth-order valence-electron chi connectivity index (χ4n) is 2.72. The second-order valence-corrected chi connectivity index (χ2v) is 5.56. The van der Waals surface area contributed by atoms with Crippen LogP contribution < -0.4 is 10.2 Å². The molecule has 1 N–H and O–H groups in total. The second kappa shape index (κ2) is 5.70. The van der Waals surface area contributed by atoms with E-state index in [-0.39, 0.29) is 0 Å². The predicted octanol–water partition coefficient (Wildman–Crippen LogP) is 2.71. The van der Waals surface area contributed by atoms with Crippen LogP contribution in [0.15, 0.2) is 18.5 Å². The zero-order chi connectivity index (χ0) is 12.2. The van der Waals surface area contributed by atoms with Crippen molar-refractivity contribution >= 4 is 5.69 Å². The average molecular weight is 245 g/mol. The normalized spacial score (nSPS) is 20.8. The first-order chi connectivity index (χ1) is 8.93. The quantitative estimate of drug-likeness (QED) is 0.884. The molecule has 2 fully saturated rings. The van der Waals surface area contributed by atoms with E-state index in [0.717, 1.165) is 12.6 Å². The standard InChI is InChI=1S/C15H23N3/c1-2-4-10-18(9-3-1)15-7-8-16-11-13(15)12-17-14-5-6-14/h7-8,11,14,17H,1-6,9-10,12H2. The van der Waals surface area contributed by atoms with Gasteiger partial charge in [-0.05, 0) is 31.7 Å². The Morgan fingerprint density at radius 1 is 1.17 bits per heavy atom. The molecule has 1 saturated heterocycles. The van der Waals surface area contributed by atoms with Crippen molar-refractivity contribution < 1.29 is 0 Å². The lowest BCUT2D eigenvalue weighted by molar-refractivity contribution is 0.680. The fourth-order valence-corrected chi connectivity index (χ4v) is 2.72. The maximum absolute atomic E-state index is 4.30. The van der Waals surface area contributed by atoms with Crippen LogP contribution in [0.5, 0.6) is 0 Å². The van der Waals surface area contributed by atoms with Gasteiger partial charge in [0.15, 0.2) is 0 Å². The molecule has 0 radical (unpaired) electrons.